The zero-order chi connectivity index (χ0) is 19.1. The highest BCUT2D eigenvalue weighted by atomic mass is 16.5. The van der Waals surface area contributed by atoms with Crippen molar-refractivity contribution in [1.82, 2.24) is 25.5 Å². The average Bonchev–Trinajstić information content (AvgIpc) is 3.23. The lowest BCUT2D eigenvalue weighted by Crippen LogP contribution is -2.36. The minimum absolute atomic E-state index is 0.295. The number of ether oxygens (including phenoxy) is 1. The van der Waals surface area contributed by atoms with Crippen molar-refractivity contribution >= 4 is 11.9 Å². The monoisotopic (exact) mass is 369 g/mol. The van der Waals surface area contributed by atoms with Crippen molar-refractivity contribution in [2.24, 2.45) is 0 Å². The first kappa shape index (κ1) is 18.8. The minimum atomic E-state index is -0.866. The lowest BCUT2D eigenvalue weighted by Gasteiger charge is -2.16. The molecule has 0 spiro atoms. The molecule has 2 aromatic rings. The van der Waals surface area contributed by atoms with Gasteiger partial charge < -0.3 is 10.1 Å². The smallest absolute Gasteiger partial charge is 0.338 e. The Labute approximate surface area is 157 Å². The fourth-order valence-electron chi connectivity index (χ4n) is 2.96. The van der Waals surface area contributed by atoms with E-state index in [-0.39, 0.29) is 5.91 Å². The maximum Gasteiger partial charge on any atom is 0.338 e. The lowest BCUT2D eigenvalue weighted by molar-refractivity contribution is -0.129. The summed E-state index contributed by atoms with van der Waals surface area (Å²) in [5, 5.41) is 13.7. The Morgan fingerprint density at radius 3 is 2.96 bits per heavy atom. The fraction of sp³-hybridized carbons (Fsp3) is 0.421. The van der Waals surface area contributed by atoms with Crippen LogP contribution in [0.1, 0.15) is 49.4 Å². The quantitative estimate of drug-likeness (QED) is 0.593. The summed E-state index contributed by atoms with van der Waals surface area (Å²) in [5.41, 5.74) is 2.35. The van der Waals surface area contributed by atoms with Gasteiger partial charge in [-0.25, -0.2) is 9.48 Å². The Balaban J connectivity index is 1.50. The van der Waals surface area contributed by atoms with E-state index in [1.54, 1.807) is 31.2 Å². The number of hydrogen-bond acceptors (Lipinski definition) is 6. The van der Waals surface area contributed by atoms with Crippen LogP contribution in [-0.4, -0.2) is 44.7 Å². The number of esters is 1. The zero-order valence-corrected chi connectivity index (χ0v) is 15.3. The molecule has 0 saturated carbocycles. The van der Waals surface area contributed by atoms with Gasteiger partial charge in [0.15, 0.2) is 6.10 Å². The summed E-state index contributed by atoms with van der Waals surface area (Å²) >= 11 is 0. The Bertz CT molecular complexity index is 817. The maximum atomic E-state index is 12.3. The number of tetrazole rings is 1. The van der Waals surface area contributed by atoms with E-state index >= 15 is 0 Å². The van der Waals surface area contributed by atoms with E-state index in [9.17, 15) is 9.59 Å². The summed E-state index contributed by atoms with van der Waals surface area (Å²) in [6, 6.07) is 6.70. The molecule has 0 aliphatic heterocycles. The van der Waals surface area contributed by atoms with E-state index in [4.69, 9.17) is 4.74 Å². The van der Waals surface area contributed by atoms with E-state index in [1.165, 1.54) is 29.4 Å². The number of benzene rings is 1. The van der Waals surface area contributed by atoms with Crippen molar-refractivity contribution in [3.05, 3.63) is 47.8 Å². The van der Waals surface area contributed by atoms with E-state index in [0.717, 1.165) is 19.3 Å². The molecule has 1 aliphatic rings. The molecule has 1 aromatic carbocycles. The van der Waals surface area contributed by atoms with Gasteiger partial charge in [0.2, 0.25) is 0 Å². The number of carbonyl (C=O) groups excluding carboxylic acids is 2. The van der Waals surface area contributed by atoms with Crippen molar-refractivity contribution in [3.63, 3.8) is 0 Å². The number of aromatic nitrogens is 4. The number of carbonyl (C=O) groups is 2. The Hall–Kier alpha value is -3.03. The van der Waals surface area contributed by atoms with Crippen molar-refractivity contribution in [1.29, 1.82) is 0 Å². The molecule has 27 heavy (non-hydrogen) atoms. The molecule has 142 valence electrons. The van der Waals surface area contributed by atoms with Crippen molar-refractivity contribution in [3.8, 4) is 5.69 Å². The molecule has 0 unspecified atom stereocenters. The molecule has 3 rings (SSSR count). The maximum absolute atomic E-state index is 12.3. The first-order valence-electron chi connectivity index (χ1n) is 9.13. The average molecular weight is 369 g/mol. The topological polar surface area (TPSA) is 99.0 Å². The number of hydrogen-bond donors (Lipinski definition) is 1. The molecule has 1 atom stereocenters. The Kier molecular flexibility index (Phi) is 6.30. The van der Waals surface area contributed by atoms with E-state index in [1.807, 2.05) is 0 Å². The minimum Gasteiger partial charge on any atom is -0.449 e. The van der Waals surface area contributed by atoms with Crippen molar-refractivity contribution in [2.75, 3.05) is 6.54 Å². The largest absolute Gasteiger partial charge is 0.449 e. The summed E-state index contributed by atoms with van der Waals surface area (Å²) in [6.07, 6.45) is 8.38. The molecular formula is C19H23N5O3. The number of allylic oxidation sites excluding steroid dienone is 1. The summed E-state index contributed by atoms with van der Waals surface area (Å²) < 4.78 is 6.72. The summed E-state index contributed by atoms with van der Waals surface area (Å²) in [5.74, 6) is -0.862. The highest BCUT2D eigenvalue weighted by molar-refractivity contribution is 5.92. The van der Waals surface area contributed by atoms with Gasteiger partial charge in [0.1, 0.15) is 6.33 Å². The van der Waals surface area contributed by atoms with Gasteiger partial charge in [-0.3, -0.25) is 4.79 Å². The van der Waals surface area contributed by atoms with Crippen molar-refractivity contribution < 1.29 is 14.3 Å². The van der Waals surface area contributed by atoms with Gasteiger partial charge >= 0.3 is 5.97 Å². The van der Waals surface area contributed by atoms with Gasteiger partial charge in [-0.1, -0.05) is 17.7 Å². The van der Waals surface area contributed by atoms with Crippen LogP contribution in [0.4, 0.5) is 0 Å². The molecule has 8 nitrogen and oxygen atoms in total. The van der Waals surface area contributed by atoms with Crippen LogP contribution in [0.5, 0.6) is 0 Å². The van der Waals surface area contributed by atoms with Gasteiger partial charge in [0, 0.05) is 6.54 Å². The third-order valence-corrected chi connectivity index (χ3v) is 4.48. The molecule has 0 bridgehead atoms. The Morgan fingerprint density at radius 1 is 1.33 bits per heavy atom. The lowest BCUT2D eigenvalue weighted by atomic mass is 9.97. The second-order valence-electron chi connectivity index (χ2n) is 6.50. The van der Waals surface area contributed by atoms with Gasteiger partial charge in [-0.15, -0.1) is 5.10 Å². The molecule has 1 N–H and O–H groups in total. The van der Waals surface area contributed by atoms with E-state index in [0.29, 0.717) is 17.8 Å². The highest BCUT2D eigenvalue weighted by Gasteiger charge is 2.19. The normalized spacial score (nSPS) is 14.9. The molecule has 0 radical (unpaired) electrons. The van der Waals surface area contributed by atoms with Gasteiger partial charge in [0.05, 0.1) is 11.3 Å². The molecule has 1 aliphatic carbocycles. The molecule has 1 aromatic heterocycles. The molecule has 1 amide bonds. The SMILES string of the molecule is C[C@@H](OC(=O)c1cccc(-n2cnnn2)c1)C(=O)NCCC1=CCCCC1. The highest BCUT2D eigenvalue weighted by Crippen LogP contribution is 2.19. The predicted molar refractivity (Wildman–Crippen MR) is 98.2 cm³/mol. The Morgan fingerprint density at radius 2 is 2.22 bits per heavy atom. The second kappa shape index (κ2) is 9.07. The fourth-order valence-corrected chi connectivity index (χ4v) is 2.96. The van der Waals surface area contributed by atoms with Crippen LogP contribution in [0.25, 0.3) is 5.69 Å². The van der Waals surface area contributed by atoms with Gasteiger partial charge in [0.25, 0.3) is 5.91 Å². The number of nitrogens with zero attached hydrogens (tertiary/aromatic N) is 4. The van der Waals surface area contributed by atoms with Crippen LogP contribution in [0.2, 0.25) is 0 Å². The first-order valence-corrected chi connectivity index (χ1v) is 9.13. The van der Waals surface area contributed by atoms with Crippen LogP contribution >= 0.6 is 0 Å². The molecule has 0 fully saturated rings. The third-order valence-electron chi connectivity index (χ3n) is 4.48. The first-order chi connectivity index (χ1) is 13.1. The second-order valence-corrected chi connectivity index (χ2v) is 6.50. The van der Waals surface area contributed by atoms with E-state index < -0.39 is 12.1 Å². The van der Waals surface area contributed by atoms with Crippen LogP contribution < -0.4 is 5.32 Å². The predicted octanol–water partition coefficient (Wildman–Crippen LogP) is 2.21. The van der Waals surface area contributed by atoms with Gasteiger partial charge in [-0.05, 0) is 67.7 Å². The zero-order valence-electron chi connectivity index (χ0n) is 15.3. The number of amides is 1. The number of nitrogens with one attached hydrogen (secondary N) is 1. The molecule has 1 heterocycles. The van der Waals surface area contributed by atoms with Crippen molar-refractivity contribution in [2.45, 2.75) is 45.1 Å². The molecule has 0 saturated heterocycles. The van der Waals surface area contributed by atoms with Gasteiger partial charge in [-0.2, -0.15) is 0 Å². The van der Waals surface area contributed by atoms with Crippen LogP contribution in [0.15, 0.2) is 42.2 Å². The summed E-state index contributed by atoms with van der Waals surface area (Å²) in [4.78, 5) is 24.5. The van der Waals surface area contributed by atoms with Crippen LogP contribution in [-0.2, 0) is 9.53 Å². The van der Waals surface area contributed by atoms with E-state index in [2.05, 4.69) is 26.9 Å². The van der Waals surface area contributed by atoms with Crippen LogP contribution in [0.3, 0.4) is 0 Å². The number of rotatable bonds is 7. The standard InChI is InChI=1S/C19H23N5O3/c1-14(18(25)20-11-10-15-6-3-2-4-7-15)27-19(26)16-8-5-9-17(12-16)24-13-21-22-23-24/h5-6,8-9,12-14H,2-4,7,10-11H2,1H3,(H,20,25)/t14-/m1/s1. The molecular weight excluding hydrogens is 346 g/mol. The van der Waals surface area contributed by atoms with Crippen LogP contribution in [0, 0.1) is 0 Å². The summed E-state index contributed by atoms with van der Waals surface area (Å²) in [6.45, 7) is 2.12. The summed E-state index contributed by atoms with van der Waals surface area (Å²) in [7, 11) is 0. The third kappa shape index (κ3) is 5.22. The molecule has 8 heteroatoms.